The number of anilines is 1. The van der Waals surface area contributed by atoms with Crippen molar-refractivity contribution in [3.05, 3.63) is 24.3 Å². The van der Waals surface area contributed by atoms with E-state index in [2.05, 4.69) is 15.4 Å². The maximum atomic E-state index is 12.1. The first-order valence-corrected chi connectivity index (χ1v) is 7.76. The molecule has 0 spiro atoms. The molecule has 1 aliphatic carbocycles. The topological polar surface area (TPSA) is 33.3 Å². The van der Waals surface area contributed by atoms with E-state index in [4.69, 9.17) is 12.2 Å². The van der Waals surface area contributed by atoms with Crippen LogP contribution in [0.3, 0.4) is 0 Å². The van der Waals surface area contributed by atoms with E-state index in [1.165, 1.54) is 49.9 Å². The first-order chi connectivity index (χ1) is 10.4. The average Bonchev–Trinajstić information content (AvgIpc) is 2.68. The molecule has 0 aliphatic heterocycles. The van der Waals surface area contributed by atoms with Crippen molar-refractivity contribution in [2.24, 2.45) is 0 Å². The summed E-state index contributed by atoms with van der Waals surface area (Å²) < 4.78 is 40.1. The molecule has 3 nitrogen and oxygen atoms in total. The number of alkyl halides is 3. The molecule has 0 bridgehead atoms. The second kappa shape index (κ2) is 7.67. The quantitative estimate of drug-likeness (QED) is 0.626. The van der Waals surface area contributed by atoms with Gasteiger partial charge in [0.25, 0.3) is 0 Å². The number of benzene rings is 1. The summed E-state index contributed by atoms with van der Waals surface area (Å²) in [5, 5.41) is 6.75. The van der Waals surface area contributed by atoms with Crippen molar-refractivity contribution in [1.29, 1.82) is 0 Å². The Bertz CT molecular complexity index is 483. The highest BCUT2D eigenvalue weighted by Gasteiger charge is 2.30. The standard InChI is InChI=1S/C15H19F3N2OS/c16-15(17,18)21-13-9-7-12(8-10-13)20-14(22)19-11-5-3-1-2-4-6-11/h7-11H,1-6H2,(H2,19,20,22). The third-order valence-electron chi connectivity index (χ3n) is 3.54. The minimum Gasteiger partial charge on any atom is -0.406 e. The van der Waals surface area contributed by atoms with Gasteiger partial charge in [-0.3, -0.25) is 0 Å². The van der Waals surface area contributed by atoms with Crippen LogP contribution in [-0.4, -0.2) is 17.5 Å². The maximum Gasteiger partial charge on any atom is 0.573 e. The molecular formula is C15H19F3N2OS. The highest BCUT2D eigenvalue weighted by Crippen LogP contribution is 2.24. The normalized spacial score (nSPS) is 16.7. The lowest BCUT2D eigenvalue weighted by Gasteiger charge is -2.19. The summed E-state index contributed by atoms with van der Waals surface area (Å²) in [6, 6.07) is 5.88. The highest BCUT2D eigenvalue weighted by atomic mass is 32.1. The van der Waals surface area contributed by atoms with Gasteiger partial charge in [0.2, 0.25) is 0 Å². The van der Waals surface area contributed by atoms with E-state index in [9.17, 15) is 13.2 Å². The highest BCUT2D eigenvalue weighted by molar-refractivity contribution is 7.80. The van der Waals surface area contributed by atoms with Crippen LogP contribution in [0.5, 0.6) is 5.75 Å². The third kappa shape index (κ3) is 6.09. The van der Waals surface area contributed by atoms with E-state index in [1.807, 2.05) is 0 Å². The molecule has 2 rings (SSSR count). The lowest BCUT2D eigenvalue weighted by atomic mass is 10.1. The van der Waals surface area contributed by atoms with Gasteiger partial charge in [0, 0.05) is 11.7 Å². The second-order valence-corrected chi connectivity index (χ2v) is 5.77. The lowest BCUT2D eigenvalue weighted by molar-refractivity contribution is -0.274. The Morgan fingerprint density at radius 2 is 1.64 bits per heavy atom. The van der Waals surface area contributed by atoms with Crippen LogP contribution in [-0.2, 0) is 0 Å². The van der Waals surface area contributed by atoms with Crippen LogP contribution in [0.1, 0.15) is 38.5 Å². The van der Waals surface area contributed by atoms with Crippen LogP contribution in [0.15, 0.2) is 24.3 Å². The summed E-state index contributed by atoms with van der Waals surface area (Å²) in [5.41, 5.74) is 0.626. The lowest BCUT2D eigenvalue weighted by Crippen LogP contribution is -2.37. The Morgan fingerprint density at radius 3 is 2.18 bits per heavy atom. The summed E-state index contributed by atoms with van der Waals surface area (Å²) in [4.78, 5) is 0. The van der Waals surface area contributed by atoms with Crippen LogP contribution in [0.4, 0.5) is 18.9 Å². The minimum atomic E-state index is -4.68. The molecule has 0 radical (unpaired) electrons. The van der Waals surface area contributed by atoms with Crippen molar-refractivity contribution in [2.45, 2.75) is 50.9 Å². The van der Waals surface area contributed by atoms with Crippen LogP contribution in [0.25, 0.3) is 0 Å². The van der Waals surface area contributed by atoms with E-state index in [0.29, 0.717) is 16.8 Å². The molecule has 0 heterocycles. The SMILES string of the molecule is FC(F)(F)Oc1ccc(NC(=S)NC2CCCCCC2)cc1. The zero-order valence-electron chi connectivity index (χ0n) is 12.1. The van der Waals surface area contributed by atoms with Gasteiger partial charge in [-0.05, 0) is 49.3 Å². The van der Waals surface area contributed by atoms with Gasteiger partial charge < -0.3 is 15.4 Å². The summed E-state index contributed by atoms with van der Waals surface area (Å²) in [5.74, 6) is -0.249. The number of ether oxygens (including phenoxy) is 1. The van der Waals surface area contributed by atoms with E-state index >= 15 is 0 Å². The van der Waals surface area contributed by atoms with Gasteiger partial charge in [0.1, 0.15) is 5.75 Å². The molecule has 2 N–H and O–H groups in total. The number of hydrogen-bond acceptors (Lipinski definition) is 2. The Morgan fingerprint density at radius 1 is 1.05 bits per heavy atom. The molecule has 22 heavy (non-hydrogen) atoms. The fourth-order valence-corrected chi connectivity index (χ4v) is 2.80. The van der Waals surface area contributed by atoms with E-state index in [0.717, 1.165) is 12.8 Å². The van der Waals surface area contributed by atoms with Crippen molar-refractivity contribution < 1.29 is 17.9 Å². The van der Waals surface area contributed by atoms with Crippen molar-refractivity contribution >= 4 is 23.0 Å². The molecule has 1 fully saturated rings. The maximum absolute atomic E-state index is 12.1. The molecule has 0 unspecified atom stereocenters. The van der Waals surface area contributed by atoms with Crippen LogP contribution in [0.2, 0.25) is 0 Å². The Hall–Kier alpha value is -1.50. The predicted octanol–water partition coefficient (Wildman–Crippen LogP) is 4.59. The molecule has 122 valence electrons. The van der Waals surface area contributed by atoms with Gasteiger partial charge in [-0.1, -0.05) is 25.7 Å². The van der Waals surface area contributed by atoms with Crippen molar-refractivity contribution in [1.82, 2.24) is 5.32 Å². The largest absolute Gasteiger partial charge is 0.573 e. The summed E-state index contributed by atoms with van der Waals surface area (Å²) >= 11 is 5.25. The van der Waals surface area contributed by atoms with Gasteiger partial charge in [-0.2, -0.15) is 0 Å². The zero-order valence-corrected chi connectivity index (χ0v) is 12.9. The van der Waals surface area contributed by atoms with Gasteiger partial charge >= 0.3 is 6.36 Å². The molecule has 7 heteroatoms. The van der Waals surface area contributed by atoms with Crippen LogP contribution in [0, 0.1) is 0 Å². The molecule has 1 aliphatic rings. The summed E-state index contributed by atoms with van der Waals surface area (Å²) in [6.45, 7) is 0. The Labute approximate surface area is 133 Å². The average molecular weight is 332 g/mol. The molecule has 0 atom stereocenters. The van der Waals surface area contributed by atoms with Gasteiger partial charge in [0.15, 0.2) is 5.11 Å². The van der Waals surface area contributed by atoms with Gasteiger partial charge in [0.05, 0.1) is 0 Å². The van der Waals surface area contributed by atoms with Gasteiger partial charge in [-0.25, -0.2) is 0 Å². The fourth-order valence-electron chi connectivity index (χ4n) is 2.52. The fraction of sp³-hybridized carbons (Fsp3) is 0.533. The van der Waals surface area contributed by atoms with E-state index in [-0.39, 0.29) is 5.75 Å². The number of hydrogen-bond donors (Lipinski definition) is 2. The van der Waals surface area contributed by atoms with Crippen LogP contribution >= 0.6 is 12.2 Å². The summed E-state index contributed by atoms with van der Waals surface area (Å²) in [6.07, 6.45) is 2.44. The molecular weight excluding hydrogens is 313 g/mol. The molecule has 0 saturated heterocycles. The zero-order chi connectivity index (χ0) is 16.0. The number of rotatable bonds is 3. The minimum absolute atomic E-state index is 0.249. The Balaban J connectivity index is 1.83. The molecule has 1 aromatic carbocycles. The van der Waals surface area contributed by atoms with Gasteiger partial charge in [-0.15, -0.1) is 13.2 Å². The summed E-state index contributed by atoms with van der Waals surface area (Å²) in [7, 11) is 0. The predicted molar refractivity (Wildman–Crippen MR) is 84.0 cm³/mol. The van der Waals surface area contributed by atoms with Crippen molar-refractivity contribution in [2.75, 3.05) is 5.32 Å². The van der Waals surface area contributed by atoms with Crippen molar-refractivity contribution in [3.63, 3.8) is 0 Å². The van der Waals surface area contributed by atoms with E-state index < -0.39 is 6.36 Å². The molecule has 0 amide bonds. The number of halogens is 3. The smallest absolute Gasteiger partial charge is 0.406 e. The molecule has 0 aromatic heterocycles. The van der Waals surface area contributed by atoms with Crippen LogP contribution < -0.4 is 15.4 Å². The first kappa shape index (κ1) is 16.9. The Kier molecular flexibility index (Phi) is 5.88. The molecule has 1 saturated carbocycles. The second-order valence-electron chi connectivity index (χ2n) is 5.36. The number of nitrogens with one attached hydrogen (secondary N) is 2. The molecule has 1 aromatic rings. The van der Waals surface area contributed by atoms with Crippen molar-refractivity contribution in [3.8, 4) is 5.75 Å². The number of thiocarbonyl (C=S) groups is 1. The first-order valence-electron chi connectivity index (χ1n) is 7.36. The third-order valence-corrected chi connectivity index (χ3v) is 3.76. The monoisotopic (exact) mass is 332 g/mol. The van der Waals surface area contributed by atoms with E-state index in [1.54, 1.807) is 0 Å².